The molecule has 20 heavy (non-hydrogen) atoms. The molecule has 112 valence electrons. The summed E-state index contributed by atoms with van der Waals surface area (Å²) >= 11 is 5.19. The van der Waals surface area contributed by atoms with Crippen LogP contribution in [0.2, 0.25) is 0 Å². The molecule has 1 aromatic heterocycles. The maximum absolute atomic E-state index is 12.0. The number of nitrogens with zero attached hydrogens (tertiary/aromatic N) is 1. The third-order valence-electron chi connectivity index (χ3n) is 3.03. The molecular weight excluding hydrogens is 340 g/mol. The van der Waals surface area contributed by atoms with E-state index in [1.165, 1.54) is 4.88 Å². The van der Waals surface area contributed by atoms with Gasteiger partial charge in [-0.2, -0.15) is 0 Å². The molecule has 4 nitrogen and oxygen atoms in total. The molecule has 0 saturated carbocycles. The number of hydrogen-bond donors (Lipinski definition) is 1. The maximum atomic E-state index is 12.0. The zero-order valence-electron chi connectivity index (χ0n) is 12.1. The molecule has 0 bridgehead atoms. The standard InChI is InChI=1S/C14H21BrN2O2S/c1-14(2,3)19-13(18)17-5-4-11(8-17)16-7-12-6-10(15)9-20-12/h6,9,11,16H,4-5,7-8H2,1-3H3. The lowest BCUT2D eigenvalue weighted by atomic mass is 10.2. The third kappa shape index (κ3) is 4.75. The van der Waals surface area contributed by atoms with Crippen LogP contribution in [0.4, 0.5) is 4.79 Å². The number of halogens is 1. The van der Waals surface area contributed by atoms with Crippen LogP contribution in [0.3, 0.4) is 0 Å². The number of likely N-dealkylation sites (tertiary alicyclic amines) is 1. The van der Waals surface area contributed by atoms with Crippen molar-refractivity contribution in [2.24, 2.45) is 0 Å². The van der Waals surface area contributed by atoms with E-state index in [4.69, 9.17) is 4.74 Å². The zero-order chi connectivity index (χ0) is 14.8. The van der Waals surface area contributed by atoms with Crippen molar-refractivity contribution in [2.45, 2.75) is 45.4 Å². The first-order chi connectivity index (χ1) is 9.33. The first-order valence-corrected chi connectivity index (χ1v) is 8.45. The number of thiophene rings is 1. The molecule has 1 atom stereocenters. The van der Waals surface area contributed by atoms with Crippen molar-refractivity contribution in [1.29, 1.82) is 0 Å². The number of rotatable bonds is 3. The van der Waals surface area contributed by atoms with E-state index in [2.05, 4.69) is 32.7 Å². The zero-order valence-corrected chi connectivity index (χ0v) is 14.5. The molecule has 1 aliphatic heterocycles. The van der Waals surface area contributed by atoms with Crippen LogP contribution in [0.25, 0.3) is 0 Å². The Bertz CT molecular complexity index is 470. The van der Waals surface area contributed by atoms with E-state index < -0.39 is 5.60 Å². The van der Waals surface area contributed by atoms with Crippen LogP contribution < -0.4 is 5.32 Å². The first kappa shape index (κ1) is 15.8. The second-order valence-electron chi connectivity index (χ2n) is 6.02. The summed E-state index contributed by atoms with van der Waals surface area (Å²) in [4.78, 5) is 15.0. The lowest BCUT2D eigenvalue weighted by Crippen LogP contribution is -2.38. The number of ether oxygens (including phenoxy) is 1. The van der Waals surface area contributed by atoms with E-state index in [0.29, 0.717) is 6.04 Å². The highest BCUT2D eigenvalue weighted by molar-refractivity contribution is 9.10. The lowest BCUT2D eigenvalue weighted by molar-refractivity contribution is 0.0291. The monoisotopic (exact) mass is 360 g/mol. The second-order valence-corrected chi connectivity index (χ2v) is 7.94. The molecule has 1 aromatic rings. The molecule has 1 amide bonds. The van der Waals surface area contributed by atoms with Crippen LogP contribution in [0, 0.1) is 0 Å². The van der Waals surface area contributed by atoms with Crippen LogP contribution in [0.5, 0.6) is 0 Å². The molecule has 1 saturated heterocycles. The smallest absolute Gasteiger partial charge is 0.410 e. The van der Waals surface area contributed by atoms with Gasteiger partial charge in [0.05, 0.1) is 0 Å². The Balaban J connectivity index is 1.76. The summed E-state index contributed by atoms with van der Waals surface area (Å²) in [7, 11) is 0. The molecule has 1 unspecified atom stereocenters. The fraction of sp³-hybridized carbons (Fsp3) is 0.643. The largest absolute Gasteiger partial charge is 0.444 e. The minimum Gasteiger partial charge on any atom is -0.444 e. The van der Waals surface area contributed by atoms with Crippen molar-refractivity contribution in [3.05, 3.63) is 20.8 Å². The Hall–Kier alpha value is -0.590. The van der Waals surface area contributed by atoms with Gasteiger partial charge in [-0.1, -0.05) is 0 Å². The maximum Gasteiger partial charge on any atom is 0.410 e. The van der Waals surface area contributed by atoms with Crippen molar-refractivity contribution in [1.82, 2.24) is 10.2 Å². The van der Waals surface area contributed by atoms with Gasteiger partial charge in [-0.15, -0.1) is 11.3 Å². The van der Waals surface area contributed by atoms with Crippen molar-refractivity contribution in [2.75, 3.05) is 13.1 Å². The van der Waals surface area contributed by atoms with E-state index >= 15 is 0 Å². The molecular formula is C14H21BrN2O2S. The molecule has 6 heteroatoms. The average molecular weight is 361 g/mol. The highest BCUT2D eigenvalue weighted by atomic mass is 79.9. The van der Waals surface area contributed by atoms with E-state index in [1.54, 1.807) is 16.2 Å². The van der Waals surface area contributed by atoms with Crippen molar-refractivity contribution < 1.29 is 9.53 Å². The fourth-order valence-corrected chi connectivity index (χ4v) is 3.51. The van der Waals surface area contributed by atoms with Gasteiger partial charge in [0.2, 0.25) is 0 Å². The molecule has 2 heterocycles. The summed E-state index contributed by atoms with van der Waals surface area (Å²) in [5.74, 6) is 0. The molecule has 2 rings (SSSR count). The predicted octanol–water partition coefficient (Wildman–Crippen LogP) is 3.61. The minimum atomic E-state index is -0.425. The fourth-order valence-electron chi connectivity index (χ4n) is 2.11. The van der Waals surface area contributed by atoms with Gasteiger partial charge in [-0.05, 0) is 49.2 Å². The lowest BCUT2D eigenvalue weighted by Gasteiger charge is -2.24. The number of carbonyl (C=O) groups excluding carboxylic acids is 1. The topological polar surface area (TPSA) is 41.6 Å². The van der Waals surface area contributed by atoms with Gasteiger partial charge >= 0.3 is 6.09 Å². The Kier molecular flexibility index (Phi) is 5.09. The number of hydrogen-bond acceptors (Lipinski definition) is 4. The average Bonchev–Trinajstić information content (AvgIpc) is 2.93. The predicted molar refractivity (Wildman–Crippen MR) is 85.1 cm³/mol. The Morgan fingerprint density at radius 3 is 2.95 bits per heavy atom. The van der Waals surface area contributed by atoms with Gasteiger partial charge in [0.15, 0.2) is 0 Å². The van der Waals surface area contributed by atoms with Crippen molar-refractivity contribution >= 4 is 33.4 Å². The first-order valence-electron chi connectivity index (χ1n) is 6.78. The number of carbonyl (C=O) groups is 1. The second kappa shape index (κ2) is 6.45. The van der Waals surface area contributed by atoms with Crippen LogP contribution in [-0.4, -0.2) is 35.7 Å². The Labute approximate surface area is 132 Å². The quantitative estimate of drug-likeness (QED) is 0.894. The van der Waals surface area contributed by atoms with E-state index in [1.807, 2.05) is 20.8 Å². The summed E-state index contributed by atoms with van der Waals surface area (Å²) in [6, 6.07) is 2.47. The van der Waals surface area contributed by atoms with Crippen LogP contribution in [-0.2, 0) is 11.3 Å². The van der Waals surface area contributed by atoms with Gasteiger partial charge in [0, 0.05) is 40.4 Å². The molecule has 1 aliphatic rings. The van der Waals surface area contributed by atoms with Gasteiger partial charge in [-0.3, -0.25) is 0 Å². The van der Waals surface area contributed by atoms with Crippen molar-refractivity contribution in [3.63, 3.8) is 0 Å². The molecule has 0 aromatic carbocycles. The van der Waals surface area contributed by atoms with E-state index in [9.17, 15) is 4.79 Å². The SMILES string of the molecule is CC(C)(C)OC(=O)N1CCC(NCc2cc(Br)cs2)C1. The Morgan fingerprint density at radius 1 is 1.60 bits per heavy atom. The van der Waals surface area contributed by atoms with E-state index in [-0.39, 0.29) is 6.09 Å². The van der Waals surface area contributed by atoms with E-state index in [0.717, 1.165) is 30.5 Å². The summed E-state index contributed by atoms with van der Waals surface area (Å²) in [6.07, 6.45) is 0.770. The summed E-state index contributed by atoms with van der Waals surface area (Å²) in [6.45, 7) is 8.02. The molecule has 1 N–H and O–H groups in total. The normalized spacial score (nSPS) is 19.4. The summed E-state index contributed by atoms with van der Waals surface area (Å²) < 4.78 is 6.52. The van der Waals surface area contributed by atoms with Gasteiger partial charge in [-0.25, -0.2) is 4.79 Å². The highest BCUT2D eigenvalue weighted by Gasteiger charge is 2.29. The van der Waals surface area contributed by atoms with Crippen LogP contribution in [0.1, 0.15) is 32.1 Å². The number of amides is 1. The van der Waals surface area contributed by atoms with Crippen molar-refractivity contribution in [3.8, 4) is 0 Å². The van der Waals surface area contributed by atoms with Crippen LogP contribution in [0.15, 0.2) is 15.9 Å². The summed E-state index contributed by atoms with van der Waals surface area (Å²) in [5, 5.41) is 5.58. The minimum absolute atomic E-state index is 0.208. The number of nitrogens with one attached hydrogen (secondary N) is 1. The van der Waals surface area contributed by atoms with Gasteiger partial charge in [0.25, 0.3) is 0 Å². The summed E-state index contributed by atoms with van der Waals surface area (Å²) in [5.41, 5.74) is -0.425. The van der Waals surface area contributed by atoms with Gasteiger partial charge in [0.1, 0.15) is 5.60 Å². The molecule has 0 spiro atoms. The highest BCUT2D eigenvalue weighted by Crippen LogP contribution is 2.20. The molecule has 1 fully saturated rings. The van der Waals surface area contributed by atoms with Gasteiger partial charge < -0.3 is 15.0 Å². The van der Waals surface area contributed by atoms with Crippen LogP contribution >= 0.6 is 27.3 Å². The molecule has 0 aliphatic carbocycles. The molecule has 0 radical (unpaired) electrons. The third-order valence-corrected chi connectivity index (χ3v) is 4.72. The Morgan fingerprint density at radius 2 is 2.35 bits per heavy atom.